The summed E-state index contributed by atoms with van der Waals surface area (Å²) in [5.41, 5.74) is 7.32. The summed E-state index contributed by atoms with van der Waals surface area (Å²) in [5.74, 6) is 0. The lowest BCUT2D eigenvalue weighted by molar-refractivity contribution is -0.00862. The monoisotopic (exact) mass is 255 g/mol. The van der Waals surface area contributed by atoms with Gasteiger partial charge in [0.25, 0.3) is 0 Å². The van der Waals surface area contributed by atoms with Crippen LogP contribution < -0.4 is 5.73 Å². The SMILES string of the molecule is NC(=S)c1ccc(COC2CCC2)c(Cl)c1. The molecule has 0 unspecified atom stereocenters. The molecule has 1 aromatic rings. The second-order valence-corrected chi connectivity index (χ2v) is 4.88. The van der Waals surface area contributed by atoms with Crippen LogP contribution in [0.3, 0.4) is 0 Å². The Morgan fingerprint density at radius 2 is 2.25 bits per heavy atom. The van der Waals surface area contributed by atoms with Crippen LogP contribution in [0.15, 0.2) is 18.2 Å². The van der Waals surface area contributed by atoms with E-state index in [1.807, 2.05) is 12.1 Å². The first kappa shape index (κ1) is 11.8. The van der Waals surface area contributed by atoms with Gasteiger partial charge < -0.3 is 10.5 Å². The molecule has 2 rings (SSSR count). The van der Waals surface area contributed by atoms with Gasteiger partial charge in [-0.3, -0.25) is 0 Å². The standard InChI is InChI=1S/C12H14ClNOS/c13-11-6-8(12(14)16)4-5-9(11)7-15-10-2-1-3-10/h4-6,10H,1-3,7H2,(H2,14,16). The summed E-state index contributed by atoms with van der Waals surface area (Å²) in [6.07, 6.45) is 4.04. The van der Waals surface area contributed by atoms with Crippen LogP contribution in [-0.4, -0.2) is 11.1 Å². The second kappa shape index (κ2) is 5.13. The fraction of sp³-hybridized carbons (Fsp3) is 0.417. The van der Waals surface area contributed by atoms with Gasteiger partial charge in [-0.1, -0.05) is 36.0 Å². The van der Waals surface area contributed by atoms with Crippen LogP contribution in [-0.2, 0) is 11.3 Å². The quantitative estimate of drug-likeness (QED) is 0.840. The van der Waals surface area contributed by atoms with Crippen LogP contribution in [0.5, 0.6) is 0 Å². The zero-order valence-corrected chi connectivity index (χ0v) is 10.5. The molecule has 1 aromatic carbocycles. The molecular weight excluding hydrogens is 242 g/mol. The van der Waals surface area contributed by atoms with Crippen LogP contribution >= 0.6 is 23.8 Å². The fourth-order valence-electron chi connectivity index (χ4n) is 1.56. The molecule has 1 aliphatic carbocycles. The van der Waals surface area contributed by atoms with Crippen molar-refractivity contribution in [3.8, 4) is 0 Å². The number of hydrogen-bond donors (Lipinski definition) is 1. The van der Waals surface area contributed by atoms with Gasteiger partial charge in [0.1, 0.15) is 4.99 Å². The highest BCUT2D eigenvalue weighted by Gasteiger charge is 2.18. The molecule has 0 aliphatic heterocycles. The molecule has 1 aliphatic rings. The van der Waals surface area contributed by atoms with E-state index in [9.17, 15) is 0 Å². The summed E-state index contributed by atoms with van der Waals surface area (Å²) in [5, 5.41) is 0.671. The molecule has 0 heterocycles. The van der Waals surface area contributed by atoms with Crippen molar-refractivity contribution in [1.29, 1.82) is 0 Å². The highest BCUT2D eigenvalue weighted by Crippen LogP contribution is 2.25. The maximum atomic E-state index is 6.12. The largest absolute Gasteiger partial charge is 0.389 e. The molecule has 0 radical (unpaired) electrons. The van der Waals surface area contributed by atoms with Crippen LogP contribution in [0.4, 0.5) is 0 Å². The van der Waals surface area contributed by atoms with E-state index in [0.717, 1.165) is 11.1 Å². The first-order valence-corrected chi connectivity index (χ1v) is 6.15. The Bertz CT molecular complexity index is 404. The van der Waals surface area contributed by atoms with Crippen molar-refractivity contribution < 1.29 is 4.74 Å². The van der Waals surface area contributed by atoms with Gasteiger partial charge in [0, 0.05) is 10.6 Å². The van der Waals surface area contributed by atoms with E-state index in [1.54, 1.807) is 6.07 Å². The predicted molar refractivity (Wildman–Crippen MR) is 69.8 cm³/mol. The Balaban J connectivity index is 2.00. The van der Waals surface area contributed by atoms with Gasteiger partial charge in [0.2, 0.25) is 0 Å². The Kier molecular flexibility index (Phi) is 3.79. The number of ether oxygens (including phenoxy) is 1. The average Bonchev–Trinajstić information content (AvgIpc) is 2.17. The minimum absolute atomic E-state index is 0.369. The van der Waals surface area contributed by atoms with E-state index >= 15 is 0 Å². The zero-order valence-electron chi connectivity index (χ0n) is 8.91. The van der Waals surface area contributed by atoms with E-state index in [1.165, 1.54) is 19.3 Å². The third-order valence-corrected chi connectivity index (χ3v) is 3.45. The molecule has 0 bridgehead atoms. The second-order valence-electron chi connectivity index (χ2n) is 4.03. The van der Waals surface area contributed by atoms with Crippen molar-refractivity contribution >= 4 is 28.8 Å². The topological polar surface area (TPSA) is 35.2 Å². The number of hydrogen-bond acceptors (Lipinski definition) is 2. The third kappa shape index (κ3) is 2.73. The number of nitrogens with two attached hydrogens (primary N) is 1. The maximum absolute atomic E-state index is 6.12. The summed E-state index contributed by atoms with van der Waals surface area (Å²) in [6, 6.07) is 5.60. The molecule has 0 saturated heterocycles. The lowest BCUT2D eigenvalue weighted by atomic mass is 9.96. The molecule has 1 fully saturated rings. The van der Waals surface area contributed by atoms with Crippen molar-refractivity contribution in [3.05, 3.63) is 34.3 Å². The van der Waals surface area contributed by atoms with Gasteiger partial charge in [-0.05, 0) is 30.9 Å². The number of rotatable bonds is 4. The Labute approximate surface area is 106 Å². The van der Waals surface area contributed by atoms with E-state index in [2.05, 4.69) is 0 Å². The summed E-state index contributed by atoms with van der Waals surface area (Å²) in [7, 11) is 0. The van der Waals surface area contributed by atoms with Crippen LogP contribution in [0, 0.1) is 0 Å². The maximum Gasteiger partial charge on any atom is 0.104 e. The van der Waals surface area contributed by atoms with Gasteiger partial charge in [-0.15, -0.1) is 0 Å². The molecule has 2 N–H and O–H groups in total. The molecule has 0 amide bonds. The van der Waals surface area contributed by atoms with Gasteiger partial charge >= 0.3 is 0 Å². The summed E-state index contributed by atoms with van der Waals surface area (Å²) in [6.45, 7) is 0.571. The third-order valence-electron chi connectivity index (χ3n) is 2.86. The molecule has 0 spiro atoms. The lowest BCUT2D eigenvalue weighted by Gasteiger charge is -2.25. The molecule has 86 valence electrons. The van der Waals surface area contributed by atoms with Crippen LogP contribution in [0.25, 0.3) is 0 Å². The normalized spacial score (nSPS) is 15.8. The van der Waals surface area contributed by atoms with Crippen molar-refractivity contribution in [3.63, 3.8) is 0 Å². The number of thiocarbonyl (C=S) groups is 1. The highest BCUT2D eigenvalue weighted by atomic mass is 35.5. The highest BCUT2D eigenvalue weighted by molar-refractivity contribution is 7.80. The van der Waals surface area contributed by atoms with Crippen molar-refractivity contribution in [2.75, 3.05) is 0 Å². The summed E-state index contributed by atoms with van der Waals surface area (Å²) in [4.78, 5) is 0.369. The first-order chi connectivity index (χ1) is 7.66. The molecule has 0 aromatic heterocycles. The van der Waals surface area contributed by atoms with Gasteiger partial charge in [0.15, 0.2) is 0 Å². The summed E-state index contributed by atoms with van der Waals surface area (Å²) >= 11 is 11.0. The molecular formula is C12H14ClNOS. The van der Waals surface area contributed by atoms with Gasteiger partial charge in [0.05, 0.1) is 12.7 Å². The Morgan fingerprint density at radius 3 is 2.75 bits per heavy atom. The van der Waals surface area contributed by atoms with Crippen molar-refractivity contribution in [2.24, 2.45) is 5.73 Å². The fourth-order valence-corrected chi connectivity index (χ4v) is 1.92. The number of benzene rings is 1. The molecule has 4 heteroatoms. The Morgan fingerprint density at radius 1 is 1.50 bits per heavy atom. The van der Waals surface area contributed by atoms with E-state index in [4.69, 9.17) is 34.3 Å². The number of halogens is 1. The smallest absolute Gasteiger partial charge is 0.104 e. The van der Waals surface area contributed by atoms with Crippen molar-refractivity contribution in [1.82, 2.24) is 0 Å². The van der Waals surface area contributed by atoms with E-state index in [0.29, 0.717) is 22.7 Å². The average molecular weight is 256 g/mol. The zero-order chi connectivity index (χ0) is 11.5. The Hall–Kier alpha value is -0.640. The predicted octanol–water partition coefficient (Wildman–Crippen LogP) is 3.04. The summed E-state index contributed by atoms with van der Waals surface area (Å²) < 4.78 is 5.70. The lowest BCUT2D eigenvalue weighted by Crippen LogP contribution is -2.21. The van der Waals surface area contributed by atoms with E-state index in [-0.39, 0.29) is 0 Å². The van der Waals surface area contributed by atoms with Crippen LogP contribution in [0.2, 0.25) is 5.02 Å². The van der Waals surface area contributed by atoms with Gasteiger partial charge in [-0.25, -0.2) is 0 Å². The van der Waals surface area contributed by atoms with E-state index < -0.39 is 0 Å². The van der Waals surface area contributed by atoms with Crippen LogP contribution in [0.1, 0.15) is 30.4 Å². The van der Waals surface area contributed by atoms with Gasteiger partial charge in [-0.2, -0.15) is 0 Å². The molecule has 0 atom stereocenters. The molecule has 1 saturated carbocycles. The first-order valence-electron chi connectivity index (χ1n) is 5.36. The molecule has 2 nitrogen and oxygen atoms in total. The molecule has 16 heavy (non-hydrogen) atoms. The minimum Gasteiger partial charge on any atom is -0.389 e. The van der Waals surface area contributed by atoms with Crippen molar-refractivity contribution in [2.45, 2.75) is 32.0 Å². The minimum atomic E-state index is 0.369.